The summed E-state index contributed by atoms with van der Waals surface area (Å²) >= 11 is 0. The molecule has 0 heterocycles. The van der Waals surface area contributed by atoms with Gasteiger partial charge < -0.3 is 28.5 Å². The fraction of sp³-hybridized carbons (Fsp3) is 0.654. The van der Waals surface area contributed by atoms with E-state index in [1.165, 1.54) is 19.2 Å². The molecule has 38 heavy (non-hydrogen) atoms. The number of primary amides is 1. The second kappa shape index (κ2) is 12.1. The van der Waals surface area contributed by atoms with Gasteiger partial charge in [-0.2, -0.15) is 0 Å². The van der Waals surface area contributed by atoms with Crippen LogP contribution >= 0.6 is 0 Å². The molecule has 12 heteroatoms. The molecule has 1 amide bonds. The van der Waals surface area contributed by atoms with Crippen molar-refractivity contribution in [3.63, 3.8) is 0 Å². The van der Waals surface area contributed by atoms with E-state index in [2.05, 4.69) is 39.3 Å². The highest BCUT2D eigenvalue weighted by Crippen LogP contribution is 2.47. The van der Waals surface area contributed by atoms with Crippen LogP contribution in [0.2, 0.25) is 51.9 Å². The number of Topliss-reactive ketones (excluding diaryl/α,β-unsaturated/α-hetero) is 1. The van der Waals surface area contributed by atoms with E-state index in [1.54, 1.807) is 12.1 Å². The molecule has 1 fully saturated rings. The largest absolute Gasteiger partial charge is 0.497 e. The van der Waals surface area contributed by atoms with E-state index in [-0.39, 0.29) is 25.0 Å². The molecule has 1 aromatic carbocycles. The highest BCUT2D eigenvalue weighted by Gasteiger charge is 2.66. The highest BCUT2D eigenvalue weighted by molar-refractivity contribution is 6.87. The van der Waals surface area contributed by atoms with Gasteiger partial charge in [0.2, 0.25) is 5.91 Å². The third kappa shape index (κ3) is 7.63. The minimum Gasteiger partial charge on any atom is -0.497 e. The summed E-state index contributed by atoms with van der Waals surface area (Å²) in [6.07, 6.45) is 1.24. The van der Waals surface area contributed by atoms with Gasteiger partial charge in [0.25, 0.3) is 0 Å². The Morgan fingerprint density at radius 1 is 0.921 bits per heavy atom. The minimum atomic E-state index is -2.54. The Balaban J connectivity index is 2.24. The zero-order valence-electron chi connectivity index (χ0n) is 24.1. The van der Waals surface area contributed by atoms with Gasteiger partial charge in [-0.15, -0.1) is 0 Å². The van der Waals surface area contributed by atoms with Gasteiger partial charge in [0.1, 0.15) is 5.75 Å². The SMILES string of the molecule is COc1ccc(C(=O)C2(O)CCCCC2(C(N)=O)C(=O)OCCC[Si](C)(O[Si](C)(C)C)O[Si](C)(C)C)cc1. The molecule has 2 rings (SSSR count). The number of esters is 1. The van der Waals surface area contributed by atoms with Gasteiger partial charge in [0.05, 0.1) is 13.7 Å². The van der Waals surface area contributed by atoms with E-state index in [0.29, 0.717) is 31.1 Å². The lowest BCUT2D eigenvalue weighted by Crippen LogP contribution is -2.66. The summed E-state index contributed by atoms with van der Waals surface area (Å²) in [7, 11) is -4.82. The standard InChI is InChI=1S/C26H45NO8Si3/c1-32-21-14-12-20(13-15-21)22(28)26(31)17-10-9-16-25(26,23(27)29)24(30)33-18-11-19-38(8,34-36(2,3)4)35-37(5,6)7/h12-15,31H,9-11,16-19H2,1-8H3,(H2,27,29). The van der Waals surface area contributed by atoms with Crippen molar-refractivity contribution in [2.45, 2.75) is 89.6 Å². The van der Waals surface area contributed by atoms with Gasteiger partial charge in [0, 0.05) is 5.56 Å². The predicted octanol–water partition coefficient (Wildman–Crippen LogP) is 4.36. The number of ether oxygens (including phenoxy) is 2. The average molecular weight is 584 g/mol. The van der Waals surface area contributed by atoms with Crippen LogP contribution in [-0.2, 0) is 22.6 Å². The monoisotopic (exact) mass is 583 g/mol. The molecule has 1 aromatic rings. The Hall–Kier alpha value is -1.84. The Morgan fingerprint density at radius 2 is 1.45 bits per heavy atom. The number of carbonyl (C=O) groups is 3. The molecule has 1 saturated carbocycles. The summed E-state index contributed by atoms with van der Waals surface area (Å²) in [5.41, 5.74) is 1.43. The second-order valence-corrected chi connectivity index (χ2v) is 25.0. The fourth-order valence-electron chi connectivity index (χ4n) is 5.28. The number of hydrogen-bond donors (Lipinski definition) is 2. The zero-order valence-corrected chi connectivity index (χ0v) is 27.1. The van der Waals surface area contributed by atoms with Crippen LogP contribution in [0.3, 0.4) is 0 Å². The first-order valence-corrected chi connectivity index (χ1v) is 22.5. The molecule has 2 unspecified atom stereocenters. The van der Waals surface area contributed by atoms with E-state index >= 15 is 0 Å². The number of carbonyl (C=O) groups excluding carboxylic acids is 3. The first kappa shape index (κ1) is 32.4. The van der Waals surface area contributed by atoms with Crippen LogP contribution in [0.15, 0.2) is 24.3 Å². The first-order valence-electron chi connectivity index (χ1n) is 13.2. The van der Waals surface area contributed by atoms with Crippen LogP contribution < -0.4 is 10.5 Å². The van der Waals surface area contributed by atoms with Crippen molar-refractivity contribution in [2.75, 3.05) is 13.7 Å². The van der Waals surface area contributed by atoms with Crippen molar-refractivity contribution in [3.8, 4) is 5.75 Å². The quantitative estimate of drug-likeness (QED) is 0.115. The molecule has 0 bridgehead atoms. The molecule has 2 atom stereocenters. The number of aliphatic hydroxyl groups is 1. The molecule has 9 nitrogen and oxygen atoms in total. The Labute approximate surface area is 229 Å². The smallest absolute Gasteiger partial charge is 0.325 e. The topological polar surface area (TPSA) is 134 Å². The number of hydrogen-bond acceptors (Lipinski definition) is 8. The molecular weight excluding hydrogens is 539 g/mol. The number of nitrogens with two attached hydrogens (primary N) is 1. The molecule has 3 N–H and O–H groups in total. The number of methoxy groups -OCH3 is 1. The molecule has 0 saturated heterocycles. The molecule has 0 aromatic heterocycles. The lowest BCUT2D eigenvalue weighted by atomic mass is 9.60. The van der Waals surface area contributed by atoms with E-state index < -0.39 is 53.9 Å². The second-order valence-electron chi connectivity index (χ2n) is 12.2. The van der Waals surface area contributed by atoms with Crippen molar-refractivity contribution in [1.82, 2.24) is 0 Å². The first-order chi connectivity index (χ1) is 17.4. The summed E-state index contributed by atoms with van der Waals surface area (Å²) < 4.78 is 23.7. The summed E-state index contributed by atoms with van der Waals surface area (Å²) in [5, 5.41) is 11.7. The van der Waals surface area contributed by atoms with Crippen LogP contribution in [0, 0.1) is 5.41 Å². The average Bonchev–Trinajstić information content (AvgIpc) is 2.79. The summed E-state index contributed by atoms with van der Waals surface area (Å²) in [6, 6.07) is 6.75. The van der Waals surface area contributed by atoms with Crippen molar-refractivity contribution in [1.29, 1.82) is 0 Å². The maximum absolute atomic E-state index is 13.5. The maximum atomic E-state index is 13.5. The molecule has 1 aliphatic rings. The van der Waals surface area contributed by atoms with Crippen LogP contribution in [0.5, 0.6) is 5.75 Å². The van der Waals surface area contributed by atoms with Crippen molar-refractivity contribution < 1.29 is 37.2 Å². The number of rotatable bonds is 13. The predicted molar refractivity (Wildman–Crippen MR) is 153 cm³/mol. The van der Waals surface area contributed by atoms with Crippen molar-refractivity contribution >= 4 is 42.9 Å². The fourth-order valence-corrected chi connectivity index (χ4v) is 17.8. The van der Waals surface area contributed by atoms with Crippen molar-refractivity contribution in [3.05, 3.63) is 29.8 Å². The van der Waals surface area contributed by atoms with Gasteiger partial charge >= 0.3 is 14.5 Å². The van der Waals surface area contributed by atoms with Crippen LogP contribution in [0.4, 0.5) is 0 Å². The summed E-state index contributed by atoms with van der Waals surface area (Å²) in [5.74, 6) is -2.23. The third-order valence-electron chi connectivity index (χ3n) is 6.60. The number of ketones is 1. The molecule has 0 radical (unpaired) electrons. The van der Waals surface area contributed by atoms with E-state index in [4.69, 9.17) is 23.4 Å². The highest BCUT2D eigenvalue weighted by atomic mass is 28.5. The Bertz CT molecular complexity index is 989. The minimum absolute atomic E-state index is 0.00657. The molecule has 0 aliphatic heterocycles. The van der Waals surface area contributed by atoms with Gasteiger partial charge in [-0.05, 0) is 102 Å². The Kier molecular flexibility index (Phi) is 10.3. The van der Waals surface area contributed by atoms with Crippen LogP contribution in [0.25, 0.3) is 0 Å². The molecule has 0 spiro atoms. The lowest BCUT2D eigenvalue weighted by Gasteiger charge is -2.45. The van der Waals surface area contributed by atoms with Crippen LogP contribution in [0.1, 0.15) is 42.5 Å². The van der Waals surface area contributed by atoms with Crippen molar-refractivity contribution in [2.24, 2.45) is 11.1 Å². The van der Waals surface area contributed by atoms with Gasteiger partial charge in [-0.1, -0.05) is 6.42 Å². The van der Waals surface area contributed by atoms with Gasteiger partial charge in [0.15, 0.2) is 33.4 Å². The number of benzene rings is 1. The number of amides is 1. The normalized spacial score (nSPS) is 22.6. The van der Waals surface area contributed by atoms with E-state index in [9.17, 15) is 19.5 Å². The summed E-state index contributed by atoms with van der Waals surface area (Å²) in [6.45, 7) is 14.7. The molecule has 214 valence electrons. The Morgan fingerprint density at radius 3 is 1.92 bits per heavy atom. The molecular formula is C26H45NO8Si3. The van der Waals surface area contributed by atoms with Gasteiger partial charge in [-0.3, -0.25) is 14.4 Å². The maximum Gasteiger partial charge on any atom is 0.325 e. The lowest BCUT2D eigenvalue weighted by molar-refractivity contribution is -0.180. The van der Waals surface area contributed by atoms with E-state index in [0.717, 1.165) is 0 Å². The third-order valence-corrected chi connectivity index (χ3v) is 16.2. The molecule has 1 aliphatic carbocycles. The zero-order chi connectivity index (χ0) is 29.0. The van der Waals surface area contributed by atoms with Crippen LogP contribution in [-0.4, -0.2) is 67.3 Å². The van der Waals surface area contributed by atoms with E-state index in [1.807, 2.05) is 6.55 Å². The van der Waals surface area contributed by atoms with Gasteiger partial charge in [-0.25, -0.2) is 0 Å². The summed E-state index contributed by atoms with van der Waals surface area (Å²) in [4.78, 5) is 39.9.